The lowest BCUT2D eigenvalue weighted by Crippen LogP contribution is -2.43. The van der Waals surface area contributed by atoms with Crippen LogP contribution < -0.4 is 4.74 Å². The molecule has 2 nitrogen and oxygen atoms in total. The normalized spacial score (nSPS) is 20.9. The Morgan fingerprint density at radius 3 is 2.40 bits per heavy atom. The molecule has 1 atom stereocenters. The number of aliphatic hydroxyl groups excluding tert-OH is 1. The first-order valence-corrected chi connectivity index (χ1v) is 7.48. The van der Waals surface area contributed by atoms with E-state index in [1.165, 1.54) is 12.1 Å². The predicted octanol–water partition coefficient (Wildman–Crippen LogP) is 4.47. The number of benzene rings is 1. The maximum Gasteiger partial charge on any atom is 0.126 e. The van der Waals surface area contributed by atoms with Crippen molar-refractivity contribution in [2.24, 2.45) is 11.8 Å². The molecule has 0 amide bonds. The molecule has 0 radical (unpaired) electrons. The SMILES string of the molecule is CC(C)CC1(CC(C)C)C[C@@H](O)c2cc(F)ccc2O1. The van der Waals surface area contributed by atoms with Crippen LogP contribution in [0.5, 0.6) is 5.75 Å². The second kappa shape index (κ2) is 5.72. The van der Waals surface area contributed by atoms with Crippen LogP contribution >= 0.6 is 0 Å². The lowest BCUT2D eigenvalue weighted by molar-refractivity contribution is -0.0408. The van der Waals surface area contributed by atoms with Crippen LogP contribution in [0.4, 0.5) is 4.39 Å². The minimum absolute atomic E-state index is 0.327. The van der Waals surface area contributed by atoms with E-state index in [1.54, 1.807) is 6.07 Å². The van der Waals surface area contributed by atoms with Crippen molar-refractivity contribution in [3.8, 4) is 5.75 Å². The molecule has 0 aromatic heterocycles. The molecule has 0 spiro atoms. The minimum Gasteiger partial charge on any atom is -0.487 e. The molecule has 1 N–H and O–H groups in total. The highest BCUT2D eigenvalue weighted by molar-refractivity contribution is 5.38. The topological polar surface area (TPSA) is 29.5 Å². The second-order valence-electron chi connectivity index (χ2n) is 6.88. The van der Waals surface area contributed by atoms with Gasteiger partial charge in [0.05, 0.1) is 6.10 Å². The fourth-order valence-corrected chi connectivity index (χ4v) is 3.43. The van der Waals surface area contributed by atoms with Crippen LogP contribution in [0.3, 0.4) is 0 Å². The third-order valence-electron chi connectivity index (χ3n) is 3.78. The van der Waals surface area contributed by atoms with Crippen molar-refractivity contribution in [2.75, 3.05) is 0 Å². The number of fused-ring (bicyclic) bond motifs is 1. The molecule has 3 heteroatoms. The summed E-state index contributed by atoms with van der Waals surface area (Å²) >= 11 is 0. The molecule has 2 rings (SSSR count). The van der Waals surface area contributed by atoms with Gasteiger partial charge in [0.1, 0.15) is 17.2 Å². The summed E-state index contributed by atoms with van der Waals surface area (Å²) in [7, 11) is 0. The first-order chi connectivity index (χ1) is 9.31. The third kappa shape index (κ3) is 3.32. The number of hydrogen-bond acceptors (Lipinski definition) is 2. The molecule has 1 aromatic carbocycles. The van der Waals surface area contributed by atoms with Crippen LogP contribution in [-0.2, 0) is 0 Å². The van der Waals surface area contributed by atoms with Crippen LogP contribution in [0.15, 0.2) is 18.2 Å². The lowest BCUT2D eigenvalue weighted by Gasteiger charge is -2.43. The summed E-state index contributed by atoms with van der Waals surface area (Å²) in [5.74, 6) is 1.28. The van der Waals surface area contributed by atoms with Crippen LogP contribution in [0.25, 0.3) is 0 Å². The monoisotopic (exact) mass is 280 g/mol. The van der Waals surface area contributed by atoms with Crippen molar-refractivity contribution in [3.63, 3.8) is 0 Å². The van der Waals surface area contributed by atoms with Crippen LogP contribution in [-0.4, -0.2) is 10.7 Å². The maximum atomic E-state index is 13.3. The Hall–Kier alpha value is -1.09. The van der Waals surface area contributed by atoms with Gasteiger partial charge in [-0.3, -0.25) is 0 Å². The number of hydrogen-bond donors (Lipinski definition) is 1. The lowest BCUT2D eigenvalue weighted by atomic mass is 9.78. The van der Waals surface area contributed by atoms with Gasteiger partial charge in [-0.2, -0.15) is 0 Å². The molecule has 0 saturated carbocycles. The average molecular weight is 280 g/mol. The summed E-state index contributed by atoms with van der Waals surface area (Å²) in [6.07, 6.45) is 1.70. The molecule has 112 valence electrons. The highest BCUT2D eigenvalue weighted by Crippen LogP contribution is 2.45. The van der Waals surface area contributed by atoms with Crippen molar-refractivity contribution in [3.05, 3.63) is 29.6 Å². The van der Waals surface area contributed by atoms with E-state index in [0.717, 1.165) is 12.8 Å². The van der Waals surface area contributed by atoms with E-state index in [1.807, 2.05) is 0 Å². The number of ether oxygens (including phenoxy) is 1. The summed E-state index contributed by atoms with van der Waals surface area (Å²) in [6, 6.07) is 4.42. The van der Waals surface area contributed by atoms with Gasteiger partial charge in [0.25, 0.3) is 0 Å². The van der Waals surface area contributed by atoms with E-state index in [0.29, 0.717) is 29.6 Å². The molecule has 0 bridgehead atoms. The molecule has 0 aliphatic carbocycles. The Labute approximate surface area is 121 Å². The van der Waals surface area contributed by atoms with E-state index in [-0.39, 0.29) is 11.4 Å². The highest BCUT2D eigenvalue weighted by atomic mass is 19.1. The van der Waals surface area contributed by atoms with Gasteiger partial charge in [-0.25, -0.2) is 4.39 Å². The van der Waals surface area contributed by atoms with Gasteiger partial charge in [-0.1, -0.05) is 27.7 Å². The first-order valence-electron chi connectivity index (χ1n) is 7.48. The molecular weight excluding hydrogens is 255 g/mol. The average Bonchev–Trinajstić information content (AvgIpc) is 2.28. The Kier molecular flexibility index (Phi) is 4.38. The summed E-state index contributed by atoms with van der Waals surface area (Å²) in [5.41, 5.74) is 0.236. The molecular formula is C17H25FO2. The van der Waals surface area contributed by atoms with Gasteiger partial charge in [0.2, 0.25) is 0 Å². The fourth-order valence-electron chi connectivity index (χ4n) is 3.43. The van der Waals surface area contributed by atoms with E-state index in [2.05, 4.69) is 27.7 Å². The van der Waals surface area contributed by atoms with Crippen LogP contribution in [0.1, 0.15) is 58.6 Å². The van der Waals surface area contributed by atoms with Crippen molar-refractivity contribution in [1.29, 1.82) is 0 Å². The quantitative estimate of drug-likeness (QED) is 0.881. The highest BCUT2D eigenvalue weighted by Gasteiger charge is 2.41. The molecule has 0 unspecified atom stereocenters. The number of halogens is 1. The Morgan fingerprint density at radius 1 is 1.25 bits per heavy atom. The van der Waals surface area contributed by atoms with Gasteiger partial charge in [-0.05, 0) is 42.9 Å². The molecule has 1 aliphatic heterocycles. The molecule has 0 fully saturated rings. The Balaban J connectivity index is 2.34. The van der Waals surface area contributed by atoms with Gasteiger partial charge in [0.15, 0.2) is 0 Å². The standard InChI is InChI=1S/C17H25FO2/c1-11(2)8-17(9-12(3)4)10-15(19)14-7-13(18)5-6-16(14)20-17/h5-7,11-12,15,19H,8-10H2,1-4H3/t15-/m1/s1. The van der Waals surface area contributed by atoms with Crippen LogP contribution in [0.2, 0.25) is 0 Å². The van der Waals surface area contributed by atoms with Crippen molar-refractivity contribution in [2.45, 2.75) is 58.7 Å². The van der Waals surface area contributed by atoms with E-state index < -0.39 is 6.10 Å². The smallest absolute Gasteiger partial charge is 0.126 e. The second-order valence-corrected chi connectivity index (χ2v) is 6.88. The van der Waals surface area contributed by atoms with Crippen molar-refractivity contribution in [1.82, 2.24) is 0 Å². The van der Waals surface area contributed by atoms with E-state index in [4.69, 9.17) is 4.74 Å². The Morgan fingerprint density at radius 2 is 1.85 bits per heavy atom. The summed E-state index contributed by atoms with van der Waals surface area (Å²) in [5, 5.41) is 10.4. The van der Waals surface area contributed by atoms with Gasteiger partial charge in [0, 0.05) is 12.0 Å². The fraction of sp³-hybridized carbons (Fsp3) is 0.647. The summed E-state index contributed by atoms with van der Waals surface area (Å²) < 4.78 is 19.6. The number of aliphatic hydroxyl groups is 1. The first kappa shape index (κ1) is 15.3. The van der Waals surface area contributed by atoms with Crippen LogP contribution in [0, 0.1) is 17.7 Å². The maximum absolute atomic E-state index is 13.3. The zero-order valence-electron chi connectivity index (χ0n) is 12.8. The molecule has 0 saturated heterocycles. The van der Waals surface area contributed by atoms with E-state index in [9.17, 15) is 9.50 Å². The van der Waals surface area contributed by atoms with Gasteiger partial charge in [-0.15, -0.1) is 0 Å². The van der Waals surface area contributed by atoms with Crippen molar-refractivity contribution >= 4 is 0 Å². The number of rotatable bonds is 4. The predicted molar refractivity (Wildman–Crippen MR) is 78.2 cm³/mol. The zero-order valence-corrected chi connectivity index (χ0v) is 12.8. The molecule has 20 heavy (non-hydrogen) atoms. The molecule has 1 heterocycles. The van der Waals surface area contributed by atoms with Gasteiger partial charge >= 0.3 is 0 Å². The zero-order chi connectivity index (χ0) is 14.9. The Bertz CT molecular complexity index is 458. The van der Waals surface area contributed by atoms with E-state index >= 15 is 0 Å². The van der Waals surface area contributed by atoms with Crippen molar-refractivity contribution < 1.29 is 14.2 Å². The third-order valence-corrected chi connectivity index (χ3v) is 3.78. The summed E-state index contributed by atoms with van der Waals surface area (Å²) in [6.45, 7) is 8.66. The molecule has 1 aliphatic rings. The largest absolute Gasteiger partial charge is 0.487 e. The summed E-state index contributed by atoms with van der Waals surface area (Å²) in [4.78, 5) is 0. The molecule has 1 aromatic rings. The van der Waals surface area contributed by atoms with Gasteiger partial charge < -0.3 is 9.84 Å². The minimum atomic E-state index is -0.646.